The molecule has 2 aromatic rings. The molecule has 31 heavy (non-hydrogen) atoms. The zero-order valence-electron chi connectivity index (χ0n) is 16.9. The zero-order valence-corrected chi connectivity index (χ0v) is 18.4. The van der Waals surface area contributed by atoms with Gasteiger partial charge in [-0.1, -0.05) is 30.7 Å². The molecule has 3 saturated carbocycles. The van der Waals surface area contributed by atoms with Crippen molar-refractivity contribution in [3.05, 3.63) is 52.6 Å². The lowest BCUT2D eigenvalue weighted by atomic mass is 9.88. The Balaban J connectivity index is 1.51. The van der Waals surface area contributed by atoms with Gasteiger partial charge in [0, 0.05) is 31.0 Å². The van der Waals surface area contributed by atoms with E-state index < -0.39 is 33.9 Å². The van der Waals surface area contributed by atoms with Crippen LogP contribution in [0, 0.1) is 11.9 Å². The maximum absolute atomic E-state index is 14.6. The standard InChI is InChI=1S/C22H22Cl2F3N3O/c1-29-19(27)16(17(28-29)18(25)26)20(31)30(13-8-9-13)11-12-5-2-3-6-14(12)21-10-4-7-15(21)22(21,23)24/h2-3,5-6,13,15,18H,4,7-11H2,1H3. The van der Waals surface area contributed by atoms with Crippen LogP contribution >= 0.6 is 23.2 Å². The fourth-order valence-corrected chi connectivity index (χ4v) is 6.57. The Bertz CT molecular complexity index is 1050. The Labute approximate surface area is 188 Å². The summed E-state index contributed by atoms with van der Waals surface area (Å²) in [5, 5.41) is 3.53. The molecule has 0 bridgehead atoms. The Kier molecular flexibility index (Phi) is 4.87. The number of benzene rings is 1. The number of fused-ring (bicyclic) bond motifs is 1. The van der Waals surface area contributed by atoms with E-state index in [1.807, 2.05) is 24.3 Å². The van der Waals surface area contributed by atoms with Gasteiger partial charge in [-0.25, -0.2) is 13.5 Å². The molecule has 0 saturated heterocycles. The highest BCUT2D eigenvalue weighted by Gasteiger charge is 2.78. The lowest BCUT2D eigenvalue weighted by Crippen LogP contribution is -2.34. The van der Waals surface area contributed by atoms with E-state index in [-0.39, 0.29) is 23.9 Å². The second-order valence-electron chi connectivity index (χ2n) is 8.84. The van der Waals surface area contributed by atoms with E-state index in [0.717, 1.165) is 43.2 Å². The molecule has 0 radical (unpaired) electrons. The number of rotatable bonds is 6. The number of carbonyl (C=O) groups excluding carboxylic acids is 1. The molecular formula is C22H22Cl2F3N3O. The molecule has 3 aliphatic rings. The van der Waals surface area contributed by atoms with Crippen LogP contribution in [0.2, 0.25) is 0 Å². The van der Waals surface area contributed by atoms with E-state index in [9.17, 15) is 18.0 Å². The van der Waals surface area contributed by atoms with Gasteiger partial charge in [0.25, 0.3) is 12.3 Å². The van der Waals surface area contributed by atoms with Crippen LogP contribution in [0.15, 0.2) is 24.3 Å². The van der Waals surface area contributed by atoms with Crippen LogP contribution in [-0.2, 0) is 19.0 Å². The van der Waals surface area contributed by atoms with Gasteiger partial charge in [0.05, 0.1) is 0 Å². The van der Waals surface area contributed by atoms with Gasteiger partial charge in [-0.3, -0.25) is 4.79 Å². The maximum Gasteiger partial charge on any atom is 0.283 e. The van der Waals surface area contributed by atoms with Crippen molar-refractivity contribution in [2.75, 3.05) is 0 Å². The number of halogens is 5. The fraction of sp³-hybridized carbons (Fsp3) is 0.545. The Morgan fingerprint density at radius 3 is 2.61 bits per heavy atom. The summed E-state index contributed by atoms with van der Waals surface area (Å²) in [5.74, 6) is -1.63. The number of carbonyl (C=O) groups is 1. The van der Waals surface area contributed by atoms with E-state index in [2.05, 4.69) is 5.10 Å². The third-order valence-electron chi connectivity index (χ3n) is 7.12. The molecule has 0 aliphatic heterocycles. The summed E-state index contributed by atoms with van der Waals surface area (Å²) < 4.78 is 41.4. The van der Waals surface area contributed by atoms with Crippen LogP contribution in [-0.4, -0.2) is 31.0 Å². The first-order chi connectivity index (χ1) is 14.7. The van der Waals surface area contributed by atoms with Gasteiger partial charge in [-0.2, -0.15) is 9.49 Å². The van der Waals surface area contributed by atoms with Gasteiger partial charge in [0.2, 0.25) is 5.95 Å². The number of nitrogens with zero attached hydrogens (tertiary/aromatic N) is 3. The molecule has 166 valence electrons. The molecule has 0 spiro atoms. The van der Waals surface area contributed by atoms with Crippen LogP contribution in [0.25, 0.3) is 0 Å². The van der Waals surface area contributed by atoms with Crippen molar-refractivity contribution in [1.82, 2.24) is 14.7 Å². The van der Waals surface area contributed by atoms with Crippen molar-refractivity contribution in [1.29, 1.82) is 0 Å². The summed E-state index contributed by atoms with van der Waals surface area (Å²) in [6, 6.07) is 7.59. The number of aryl methyl sites for hydroxylation is 1. The molecule has 3 fully saturated rings. The Hall–Kier alpha value is -1.73. The van der Waals surface area contributed by atoms with Crippen LogP contribution in [0.1, 0.15) is 65.7 Å². The average Bonchev–Trinajstić information content (AvgIpc) is 3.52. The molecule has 4 nitrogen and oxygen atoms in total. The topological polar surface area (TPSA) is 38.1 Å². The predicted octanol–water partition coefficient (Wildman–Crippen LogP) is 5.53. The monoisotopic (exact) mass is 471 g/mol. The first-order valence-corrected chi connectivity index (χ1v) is 11.2. The number of hydrogen-bond donors (Lipinski definition) is 0. The minimum atomic E-state index is -3.04. The van der Waals surface area contributed by atoms with E-state index in [1.165, 1.54) is 11.9 Å². The van der Waals surface area contributed by atoms with Gasteiger partial charge in [-0.15, -0.1) is 23.2 Å². The number of hydrogen-bond acceptors (Lipinski definition) is 2. The largest absolute Gasteiger partial charge is 0.331 e. The average molecular weight is 472 g/mol. The van der Waals surface area contributed by atoms with Crippen molar-refractivity contribution >= 4 is 29.1 Å². The number of aromatic nitrogens is 2. The SMILES string of the molecule is Cn1nc(C(F)F)c(C(=O)N(Cc2ccccc2C23CCCC2C3(Cl)Cl)C2CC2)c1F. The second kappa shape index (κ2) is 7.14. The highest BCUT2D eigenvalue weighted by atomic mass is 35.5. The van der Waals surface area contributed by atoms with Crippen LogP contribution in [0.4, 0.5) is 13.2 Å². The smallest absolute Gasteiger partial charge is 0.283 e. The normalized spacial score (nSPS) is 26.2. The molecule has 9 heteroatoms. The number of alkyl halides is 4. The van der Waals surface area contributed by atoms with E-state index >= 15 is 0 Å². The molecule has 1 heterocycles. The van der Waals surface area contributed by atoms with E-state index in [1.54, 1.807) is 0 Å². The number of amides is 1. The summed E-state index contributed by atoms with van der Waals surface area (Å²) in [6.45, 7) is 0.189. The quantitative estimate of drug-likeness (QED) is 0.519. The predicted molar refractivity (Wildman–Crippen MR) is 111 cm³/mol. The minimum absolute atomic E-state index is 0.112. The molecule has 1 aromatic carbocycles. The molecule has 2 atom stereocenters. The molecule has 1 aromatic heterocycles. The summed E-state index contributed by atoms with van der Waals surface area (Å²) >= 11 is 13.3. The van der Waals surface area contributed by atoms with Crippen LogP contribution in [0.3, 0.4) is 0 Å². The van der Waals surface area contributed by atoms with Gasteiger partial charge in [0.15, 0.2) is 0 Å². The molecular weight excluding hydrogens is 450 g/mol. The molecule has 0 N–H and O–H groups in total. The summed E-state index contributed by atoms with van der Waals surface area (Å²) in [5.41, 5.74) is 0.0660. The lowest BCUT2D eigenvalue weighted by molar-refractivity contribution is 0.0711. The highest BCUT2D eigenvalue weighted by molar-refractivity contribution is 6.52. The van der Waals surface area contributed by atoms with Gasteiger partial charge >= 0.3 is 0 Å². The Morgan fingerprint density at radius 2 is 2.00 bits per heavy atom. The summed E-state index contributed by atoms with van der Waals surface area (Å²) in [6.07, 6.45) is 1.31. The molecule has 1 amide bonds. The van der Waals surface area contributed by atoms with Crippen molar-refractivity contribution < 1.29 is 18.0 Å². The zero-order chi connectivity index (χ0) is 22.1. The first kappa shape index (κ1) is 21.1. The summed E-state index contributed by atoms with van der Waals surface area (Å²) in [7, 11) is 1.21. The van der Waals surface area contributed by atoms with Crippen molar-refractivity contribution in [2.24, 2.45) is 13.0 Å². The van der Waals surface area contributed by atoms with Crippen molar-refractivity contribution in [2.45, 2.75) is 60.9 Å². The van der Waals surface area contributed by atoms with Crippen LogP contribution in [0.5, 0.6) is 0 Å². The molecule has 2 unspecified atom stereocenters. The highest BCUT2D eigenvalue weighted by Crippen LogP contribution is 2.77. The Morgan fingerprint density at radius 1 is 1.29 bits per heavy atom. The third-order valence-corrected chi connectivity index (χ3v) is 8.32. The van der Waals surface area contributed by atoms with E-state index in [0.29, 0.717) is 4.68 Å². The lowest BCUT2D eigenvalue weighted by Gasteiger charge is -2.26. The fourth-order valence-electron chi connectivity index (χ4n) is 5.44. The van der Waals surface area contributed by atoms with E-state index in [4.69, 9.17) is 23.2 Å². The first-order valence-electron chi connectivity index (χ1n) is 10.5. The van der Waals surface area contributed by atoms with Crippen molar-refractivity contribution in [3.63, 3.8) is 0 Å². The molecule has 3 aliphatic carbocycles. The minimum Gasteiger partial charge on any atom is -0.331 e. The van der Waals surface area contributed by atoms with Crippen LogP contribution < -0.4 is 0 Å². The third kappa shape index (κ3) is 3.03. The summed E-state index contributed by atoms with van der Waals surface area (Å²) in [4.78, 5) is 14.8. The molecule has 5 rings (SSSR count). The van der Waals surface area contributed by atoms with Crippen molar-refractivity contribution in [3.8, 4) is 0 Å². The van der Waals surface area contributed by atoms with Gasteiger partial charge in [0.1, 0.15) is 15.6 Å². The van der Waals surface area contributed by atoms with Gasteiger partial charge < -0.3 is 4.90 Å². The second-order valence-corrected chi connectivity index (χ2v) is 10.2. The van der Waals surface area contributed by atoms with Gasteiger partial charge in [-0.05, 0) is 36.8 Å². The maximum atomic E-state index is 14.6.